The molecule has 8 heavy (non-hydrogen) atoms. The average Bonchev–Trinajstić information content (AvgIpc) is 1.64. The van der Waals surface area contributed by atoms with E-state index in [9.17, 15) is 13.2 Å². The Kier molecular flexibility index (Phi) is 2.87. The summed E-state index contributed by atoms with van der Waals surface area (Å²) in [6.07, 6.45) is -4.79. The second-order valence-electron chi connectivity index (χ2n) is 2.02. The van der Waals surface area contributed by atoms with Gasteiger partial charge in [-0.15, -0.1) is 0 Å². The molecule has 0 radical (unpaired) electrons. The Morgan fingerprint density at radius 1 is 1.00 bits per heavy atom. The minimum atomic E-state index is -2.82. The van der Waals surface area contributed by atoms with Crippen molar-refractivity contribution in [2.45, 2.75) is 26.4 Å². The van der Waals surface area contributed by atoms with Crippen LogP contribution in [0.15, 0.2) is 0 Å². The average molecular weight is 126 g/mol. The summed E-state index contributed by atoms with van der Waals surface area (Å²) in [6, 6.07) is 0. The van der Waals surface area contributed by atoms with Gasteiger partial charge in [0.05, 0.1) is 0 Å². The molecule has 0 nitrogen and oxygen atoms in total. The van der Waals surface area contributed by atoms with Crippen LogP contribution in [-0.4, -0.2) is 12.6 Å². The van der Waals surface area contributed by atoms with Gasteiger partial charge in [-0.25, -0.2) is 13.2 Å². The lowest BCUT2D eigenvalue weighted by Crippen LogP contribution is -2.18. The molecule has 0 bridgehead atoms. The third kappa shape index (κ3) is 2.19. The van der Waals surface area contributed by atoms with Gasteiger partial charge in [0.15, 0.2) is 6.17 Å². The van der Waals surface area contributed by atoms with Crippen molar-refractivity contribution in [3.63, 3.8) is 0 Å². The van der Waals surface area contributed by atoms with Crippen LogP contribution in [0.1, 0.15) is 13.8 Å². The van der Waals surface area contributed by atoms with E-state index < -0.39 is 18.5 Å². The molecule has 0 amide bonds. The molecule has 0 aromatic carbocycles. The zero-order valence-corrected chi connectivity index (χ0v) is 4.87. The van der Waals surface area contributed by atoms with E-state index in [4.69, 9.17) is 0 Å². The van der Waals surface area contributed by atoms with Gasteiger partial charge in [-0.2, -0.15) is 0 Å². The van der Waals surface area contributed by atoms with Gasteiger partial charge in [0.2, 0.25) is 0 Å². The Hall–Kier alpha value is -0.210. The van der Waals surface area contributed by atoms with Crippen LogP contribution < -0.4 is 0 Å². The van der Waals surface area contributed by atoms with Crippen molar-refractivity contribution in [1.82, 2.24) is 0 Å². The normalized spacial score (nSPS) is 15.4. The molecule has 0 saturated heterocycles. The lowest BCUT2D eigenvalue weighted by atomic mass is 10.1. The quantitative estimate of drug-likeness (QED) is 0.532. The largest absolute Gasteiger partial charge is 0.269 e. The summed E-state index contributed by atoms with van der Waals surface area (Å²) in [5.74, 6) is -0.574. The molecule has 0 fully saturated rings. The van der Waals surface area contributed by atoms with Gasteiger partial charge in [-0.05, 0) is 5.92 Å². The summed E-state index contributed by atoms with van der Waals surface area (Å²) in [6.45, 7) is 2.85. The Labute approximate surface area is 46.7 Å². The first kappa shape index (κ1) is 7.79. The first-order valence-electron chi connectivity index (χ1n) is 2.48. The predicted octanol–water partition coefficient (Wildman–Crippen LogP) is 2.25. The maximum absolute atomic E-state index is 11.9. The number of hydrogen-bond donors (Lipinski definition) is 0. The molecular formula is C5H9F3. The van der Waals surface area contributed by atoms with Crippen LogP contribution in [0.3, 0.4) is 0 Å². The molecular weight excluding hydrogens is 117 g/mol. The molecule has 0 heterocycles. The molecule has 0 aliphatic heterocycles. The molecule has 1 atom stereocenters. The van der Waals surface area contributed by atoms with E-state index in [0.717, 1.165) is 0 Å². The van der Waals surface area contributed by atoms with Crippen molar-refractivity contribution in [2.24, 2.45) is 5.92 Å². The molecule has 0 N–H and O–H groups in total. The van der Waals surface area contributed by atoms with Crippen LogP contribution in [-0.2, 0) is 0 Å². The molecule has 0 spiro atoms. The van der Waals surface area contributed by atoms with Crippen LogP contribution >= 0.6 is 0 Å². The number of alkyl halides is 3. The van der Waals surface area contributed by atoms with Gasteiger partial charge >= 0.3 is 0 Å². The summed E-state index contributed by atoms with van der Waals surface area (Å²) in [4.78, 5) is 0. The molecule has 0 aromatic rings. The minimum Gasteiger partial charge on any atom is -0.241 e. The monoisotopic (exact) mass is 126 g/mol. The van der Waals surface area contributed by atoms with Crippen molar-refractivity contribution in [3.05, 3.63) is 0 Å². The van der Waals surface area contributed by atoms with Crippen molar-refractivity contribution in [1.29, 1.82) is 0 Å². The van der Waals surface area contributed by atoms with Gasteiger partial charge < -0.3 is 0 Å². The molecule has 0 unspecified atom stereocenters. The molecule has 0 aliphatic carbocycles. The Bertz CT molecular complexity index is 52.7. The Morgan fingerprint density at radius 2 is 1.38 bits per heavy atom. The van der Waals surface area contributed by atoms with Crippen LogP contribution in [0, 0.1) is 5.92 Å². The summed E-state index contributed by atoms with van der Waals surface area (Å²) in [5.41, 5.74) is 0. The summed E-state index contributed by atoms with van der Waals surface area (Å²) in [5, 5.41) is 0. The predicted molar refractivity (Wildman–Crippen MR) is 25.7 cm³/mol. The zero-order chi connectivity index (χ0) is 6.73. The highest BCUT2D eigenvalue weighted by Crippen LogP contribution is 2.13. The van der Waals surface area contributed by atoms with E-state index in [2.05, 4.69) is 0 Å². The second kappa shape index (κ2) is 2.95. The summed E-state index contributed by atoms with van der Waals surface area (Å²) >= 11 is 0. The maximum atomic E-state index is 11.9. The zero-order valence-electron chi connectivity index (χ0n) is 4.87. The minimum absolute atomic E-state index is 0.574. The van der Waals surface area contributed by atoms with Crippen LogP contribution in [0.4, 0.5) is 13.2 Å². The van der Waals surface area contributed by atoms with Gasteiger partial charge in [-0.1, -0.05) is 13.8 Å². The fourth-order valence-electron chi connectivity index (χ4n) is 0.291. The van der Waals surface area contributed by atoms with Gasteiger partial charge in [0.25, 0.3) is 6.43 Å². The molecule has 0 rings (SSSR count). The highest BCUT2D eigenvalue weighted by molar-refractivity contribution is 4.61. The fourth-order valence-corrected chi connectivity index (χ4v) is 0.291. The van der Waals surface area contributed by atoms with E-state index in [1.807, 2.05) is 0 Å². The van der Waals surface area contributed by atoms with Crippen molar-refractivity contribution < 1.29 is 13.2 Å². The number of halogens is 3. The number of rotatable bonds is 2. The van der Waals surface area contributed by atoms with E-state index in [1.165, 1.54) is 13.8 Å². The molecule has 0 saturated carbocycles. The van der Waals surface area contributed by atoms with E-state index in [-0.39, 0.29) is 0 Å². The van der Waals surface area contributed by atoms with Crippen molar-refractivity contribution in [2.75, 3.05) is 0 Å². The highest BCUT2D eigenvalue weighted by atomic mass is 19.3. The van der Waals surface area contributed by atoms with E-state index in [1.54, 1.807) is 0 Å². The SMILES string of the molecule is CC(C)[C@@H](F)C(F)F. The van der Waals surface area contributed by atoms with Crippen LogP contribution in [0.2, 0.25) is 0 Å². The van der Waals surface area contributed by atoms with E-state index >= 15 is 0 Å². The Balaban J connectivity index is 3.46. The third-order valence-corrected chi connectivity index (χ3v) is 0.878. The van der Waals surface area contributed by atoms with Gasteiger partial charge in [0.1, 0.15) is 0 Å². The fraction of sp³-hybridized carbons (Fsp3) is 1.00. The van der Waals surface area contributed by atoms with Crippen LogP contribution in [0.5, 0.6) is 0 Å². The lowest BCUT2D eigenvalue weighted by molar-refractivity contribution is 0.0250. The van der Waals surface area contributed by atoms with Crippen molar-refractivity contribution in [3.8, 4) is 0 Å². The first-order chi connectivity index (χ1) is 3.55. The highest BCUT2D eigenvalue weighted by Gasteiger charge is 2.22. The molecule has 50 valence electrons. The topological polar surface area (TPSA) is 0 Å². The maximum Gasteiger partial charge on any atom is 0.269 e. The van der Waals surface area contributed by atoms with Crippen molar-refractivity contribution >= 4 is 0 Å². The first-order valence-corrected chi connectivity index (χ1v) is 2.48. The Morgan fingerprint density at radius 3 is 1.38 bits per heavy atom. The van der Waals surface area contributed by atoms with Gasteiger partial charge in [-0.3, -0.25) is 0 Å². The van der Waals surface area contributed by atoms with Gasteiger partial charge in [0, 0.05) is 0 Å². The molecule has 0 aliphatic rings. The summed E-state index contributed by atoms with van der Waals surface area (Å²) in [7, 11) is 0. The van der Waals surface area contributed by atoms with E-state index in [0.29, 0.717) is 0 Å². The molecule has 0 aromatic heterocycles. The number of hydrogen-bond acceptors (Lipinski definition) is 0. The second-order valence-corrected chi connectivity index (χ2v) is 2.02. The standard InChI is InChI=1S/C5H9F3/c1-3(2)4(6)5(7)8/h3-5H,1-2H3/t4-/m1/s1. The smallest absolute Gasteiger partial charge is 0.241 e. The third-order valence-electron chi connectivity index (χ3n) is 0.878. The summed E-state index contributed by atoms with van der Waals surface area (Å²) < 4.78 is 34.5. The lowest BCUT2D eigenvalue weighted by Gasteiger charge is -2.08. The van der Waals surface area contributed by atoms with Crippen LogP contribution in [0.25, 0.3) is 0 Å². The molecule has 3 heteroatoms.